The molecule has 9 aliphatic rings. The molecule has 7 amide bonds. The Morgan fingerprint density at radius 2 is 1.04 bits per heavy atom. The number of aliphatic carboxylic acids is 2. The number of hydrogen-bond acceptors (Lipinski definition) is 34. The molecule has 9 heterocycles. The fourth-order valence-electron chi connectivity index (χ4n) is 16.3. The summed E-state index contributed by atoms with van der Waals surface area (Å²) < 4.78 is 56.2. The molecule has 718 valence electrons. The third-order valence-corrected chi connectivity index (χ3v) is 24.8. The monoisotopic (exact) mass is 1970 g/mol. The molecule has 7 aromatic carbocycles. The topological polar surface area (TPSA) is 677 Å². The maximum Gasteiger partial charge on any atom is 0.335 e. The molecule has 0 aromatic heterocycles. The maximum absolute atomic E-state index is 17.1. The van der Waals surface area contributed by atoms with Crippen molar-refractivity contribution in [3.8, 4) is 80.1 Å². The van der Waals surface area contributed by atoms with Crippen LogP contribution in [0.1, 0.15) is 127 Å². The molecule has 48 heteroatoms. The molecule has 7 aromatic rings. The van der Waals surface area contributed by atoms with Crippen LogP contribution in [0, 0.1) is 5.92 Å². The lowest BCUT2D eigenvalue weighted by molar-refractivity contribution is -0.278. The number of phenols is 4. The van der Waals surface area contributed by atoms with Gasteiger partial charge in [-0.1, -0.05) is 103 Å². The van der Waals surface area contributed by atoms with E-state index in [9.17, 15) is 106 Å². The van der Waals surface area contributed by atoms with E-state index in [4.69, 9.17) is 101 Å². The van der Waals surface area contributed by atoms with E-state index in [-0.39, 0.29) is 29.9 Å². The first-order chi connectivity index (χ1) is 63.6. The van der Waals surface area contributed by atoms with Crippen LogP contribution in [-0.4, -0.2) is 265 Å². The molecule has 17 bridgehead atoms. The SMILES string of the molecule is CN[C@H]1C(=O)N[C@H]2C(=O)N[C@H](C(=O)N[C@H]3C(=O)N[C@H]4C(=O)N[C@H](C(=O)N[C@H](C(=O)O)c5cc(O)cc(O)c5-c5cc4cc(Cl)c5O[C@@H]4O[C@H](CO)[C@@H](O)[C@H](O)[C@H]4O)[C@H](O[C@H]4O[C@H](C(=O)O)[C@@H](O)[C@H](O)[C@H]4NC(=O)CCCCCC(C)C)c4cc(Cl)c(c(Cl)c4)Oc4cc3cc(c4O[C@@H]3O[C@H](CO)[C@@H](O)[C@H](O)[C@@H]3O)Oc3ccc(cc3Cl)[C@H]2O)c2cc(cc(O)c2Cl)Oc2cc1ccc2O. The van der Waals surface area contributed by atoms with E-state index in [1.807, 2.05) is 13.8 Å². The zero-order chi connectivity index (χ0) is 96.9. The molecular formula is C86H89Cl5N8O35. The highest BCUT2D eigenvalue weighted by Crippen LogP contribution is 2.53. The molecular weight excluding hydrogens is 1880 g/mol. The summed E-state index contributed by atoms with van der Waals surface area (Å²) in [6.45, 7) is 1.77. The van der Waals surface area contributed by atoms with Gasteiger partial charge in [-0.2, -0.15) is 0 Å². The molecule has 24 atom stereocenters. The molecule has 0 aliphatic carbocycles. The Bertz CT molecular complexity index is 5720. The van der Waals surface area contributed by atoms with Crippen LogP contribution in [0.15, 0.2) is 97.1 Å². The smallest absolute Gasteiger partial charge is 0.335 e. The van der Waals surface area contributed by atoms with Crippen molar-refractivity contribution in [1.82, 2.24) is 42.5 Å². The Morgan fingerprint density at radius 1 is 0.470 bits per heavy atom. The average Bonchev–Trinajstić information content (AvgIpc) is 0.748. The van der Waals surface area contributed by atoms with E-state index in [0.717, 1.165) is 79.2 Å². The number of aliphatic hydroxyl groups excluding tert-OH is 11. The summed E-state index contributed by atoms with van der Waals surface area (Å²) in [5.74, 6) is -23.7. The second-order valence-electron chi connectivity index (χ2n) is 32.8. The van der Waals surface area contributed by atoms with Crippen molar-refractivity contribution in [3.63, 3.8) is 0 Å². The van der Waals surface area contributed by atoms with Gasteiger partial charge in [0.2, 0.25) is 59.7 Å². The number of aliphatic hydroxyl groups is 11. The minimum absolute atomic E-state index is 0.0419. The van der Waals surface area contributed by atoms with E-state index in [1.54, 1.807) is 0 Å². The van der Waals surface area contributed by atoms with Crippen molar-refractivity contribution in [3.05, 3.63) is 161 Å². The number of halogens is 5. The predicted octanol–water partition coefficient (Wildman–Crippen LogP) is 2.29. The van der Waals surface area contributed by atoms with Crippen LogP contribution in [0.25, 0.3) is 11.1 Å². The summed E-state index contributed by atoms with van der Waals surface area (Å²) >= 11 is 36.3. The van der Waals surface area contributed by atoms with Gasteiger partial charge in [0.15, 0.2) is 47.2 Å². The Balaban J connectivity index is 1.06. The molecule has 0 unspecified atom stereocenters. The van der Waals surface area contributed by atoms with Gasteiger partial charge >= 0.3 is 11.9 Å². The second kappa shape index (κ2) is 40.8. The Morgan fingerprint density at radius 3 is 1.65 bits per heavy atom. The number of hydrogen-bond donors (Lipinski definition) is 25. The van der Waals surface area contributed by atoms with Gasteiger partial charge in [0, 0.05) is 40.8 Å². The number of rotatable bonds is 18. The van der Waals surface area contributed by atoms with Crippen LogP contribution in [0.2, 0.25) is 25.1 Å². The summed E-state index contributed by atoms with van der Waals surface area (Å²) in [7, 11) is 1.32. The number of fused-ring (bicyclic) bond motifs is 14. The minimum atomic E-state index is -2.79. The van der Waals surface area contributed by atoms with E-state index in [2.05, 4.69) is 42.5 Å². The van der Waals surface area contributed by atoms with E-state index < -0.39 is 346 Å². The summed E-state index contributed by atoms with van der Waals surface area (Å²) in [6, 6.07) is -4.52. The lowest BCUT2D eigenvalue weighted by atomic mass is 9.89. The second-order valence-corrected chi connectivity index (χ2v) is 34.8. The van der Waals surface area contributed by atoms with Gasteiger partial charge in [-0.25, -0.2) is 9.59 Å². The number of benzene rings is 7. The Labute approximate surface area is 782 Å². The first kappa shape index (κ1) is 98.8. The Hall–Kier alpha value is -11.2. The van der Waals surface area contributed by atoms with E-state index >= 15 is 24.0 Å². The summed E-state index contributed by atoms with van der Waals surface area (Å²) in [4.78, 5) is 139. The number of likely N-dealkylation sites (N-methyl/N-ethyl adjacent to an activating group) is 1. The molecule has 0 radical (unpaired) electrons. The van der Waals surface area contributed by atoms with Crippen molar-refractivity contribution in [2.75, 3.05) is 20.3 Å². The van der Waals surface area contributed by atoms with Crippen molar-refractivity contribution in [2.24, 2.45) is 5.92 Å². The van der Waals surface area contributed by atoms with Gasteiger partial charge in [0.1, 0.15) is 150 Å². The summed E-state index contributed by atoms with van der Waals surface area (Å²) in [6.07, 6.45) is -34.5. The fourth-order valence-corrected chi connectivity index (χ4v) is 17.6. The number of amides is 7. The lowest BCUT2D eigenvalue weighted by Gasteiger charge is -2.43. The van der Waals surface area contributed by atoms with Crippen molar-refractivity contribution in [1.29, 1.82) is 0 Å². The van der Waals surface area contributed by atoms with Crippen LogP contribution in [0.3, 0.4) is 0 Å². The first-order valence-electron chi connectivity index (χ1n) is 41.4. The molecule has 0 saturated carbocycles. The number of carboxylic acid groups (broad SMARTS) is 2. The van der Waals surface area contributed by atoms with Crippen molar-refractivity contribution >= 4 is 111 Å². The van der Waals surface area contributed by atoms with Crippen molar-refractivity contribution < 1.29 is 173 Å². The molecule has 3 fully saturated rings. The van der Waals surface area contributed by atoms with Crippen LogP contribution in [0.5, 0.6) is 69.0 Å². The van der Waals surface area contributed by atoms with Gasteiger partial charge in [0.05, 0.1) is 38.3 Å². The number of ether oxygens (including phenoxy) is 9. The van der Waals surface area contributed by atoms with Gasteiger partial charge in [-0.05, 0) is 120 Å². The van der Waals surface area contributed by atoms with E-state index in [0.29, 0.717) is 25.0 Å². The Kier molecular flexibility index (Phi) is 30.0. The molecule has 0 spiro atoms. The summed E-state index contributed by atoms with van der Waals surface area (Å²) in [5, 5.41) is 210. The molecule has 25 N–H and O–H groups in total. The number of carboxylic acids is 2. The van der Waals surface area contributed by atoms with Gasteiger partial charge in [0.25, 0.3) is 0 Å². The average molecular weight is 1970 g/mol. The first-order valence-corrected chi connectivity index (χ1v) is 43.2. The molecule has 9 aliphatic heterocycles. The quantitative estimate of drug-likeness (QED) is 0.0548. The third kappa shape index (κ3) is 20.2. The highest BCUT2D eigenvalue weighted by atomic mass is 35.5. The lowest BCUT2D eigenvalue weighted by Crippen LogP contribution is -2.66. The molecule has 43 nitrogen and oxygen atoms in total. The predicted molar refractivity (Wildman–Crippen MR) is 459 cm³/mol. The number of carbonyl (C=O) groups is 9. The minimum Gasteiger partial charge on any atom is -0.508 e. The van der Waals surface area contributed by atoms with Crippen LogP contribution in [0.4, 0.5) is 0 Å². The van der Waals surface area contributed by atoms with Gasteiger partial charge in [-0.3, -0.25) is 33.6 Å². The zero-order valence-electron chi connectivity index (χ0n) is 70.0. The molecule has 3 saturated heterocycles. The van der Waals surface area contributed by atoms with Crippen molar-refractivity contribution in [2.45, 2.75) is 193 Å². The normalized spacial score (nSPS) is 29.3. The standard InChI is InChI=1S/C86H89Cl5N8O35/c1-27(2)7-5-4-6-8-51(106)93-60-65(110)68(113)75(83(124)125)134-84(60)131-71-32-16-40(89)73(41(90)17-32)128-48-20-31-19-47(74(48)133-86-70(115)67(112)64(109)50(26-101)130-86)127-45-12-10-29(14-38(45)87)62(107)59-80(120)96-57(37-23-34(24-44(105)53(37)91)126-46-18-28(9-11-42(46)103)54(92-3)76(116)98-59)79(119)95-56(31)77(117)94-55-30-13-36(72(39(88)15-30)132-85-69(114)66(111)63(108)49(25-100)129-85)52-35(21-33(102)22-43(52)104)58(82(122)123)97-81(121)61(71)99-78(55)118/h9-24,27,49-50,54-71,75,84-86,92,100-105,107-115H,4-8,25-26H2,1-3H3,(H,93,106)(H,94,117)(H,95,119)(H,96,120)(H,97,121)(H,98,116)(H,99,118)(H,122,123)(H,124,125)/t49-,50-,54-,55-,56-,57+,58+,59-,60-,61+,62-,63-,64-,65-,66+,67+,68+,69-,70+,71-,75+,84+,85+,86+/m1/s1. The van der Waals surface area contributed by atoms with Crippen LogP contribution in [-0.2, 0) is 62.1 Å². The molecule has 134 heavy (non-hydrogen) atoms. The van der Waals surface area contributed by atoms with E-state index in [1.165, 1.54) is 19.2 Å². The van der Waals surface area contributed by atoms with Gasteiger partial charge in [-0.15, -0.1) is 0 Å². The highest BCUT2D eigenvalue weighted by molar-refractivity contribution is 6.37. The molecule has 16 rings (SSSR count). The van der Waals surface area contributed by atoms with Gasteiger partial charge < -0.3 is 172 Å². The largest absolute Gasteiger partial charge is 0.508 e. The third-order valence-electron chi connectivity index (χ3n) is 23.3. The summed E-state index contributed by atoms with van der Waals surface area (Å²) in [5.41, 5.74) is -5.62. The number of phenolic OH excluding ortho intramolecular Hbond substituents is 4. The number of carbonyl (C=O) groups excluding carboxylic acids is 7. The fraction of sp³-hybridized carbons (Fsp3) is 0.407. The number of unbranched alkanes of at least 4 members (excludes halogenated alkanes) is 2. The highest BCUT2D eigenvalue weighted by Gasteiger charge is 2.54. The zero-order valence-corrected chi connectivity index (χ0v) is 73.7. The maximum atomic E-state index is 17.1. The van der Waals surface area contributed by atoms with Crippen LogP contribution < -0.4 is 66.2 Å². The number of nitrogens with one attached hydrogen (secondary N) is 8. The number of aromatic hydroxyl groups is 4. The van der Waals surface area contributed by atoms with Crippen LogP contribution >= 0.6 is 58.0 Å².